The van der Waals surface area contributed by atoms with Crippen LogP contribution in [0.25, 0.3) is 0 Å². The molecule has 2 N–H and O–H groups in total. The molecule has 1 aromatic heterocycles. The number of hydrogen-bond donors (Lipinski definition) is 2. The molecule has 0 aliphatic rings. The Hall–Kier alpha value is -1.78. The van der Waals surface area contributed by atoms with Gasteiger partial charge in [-0.3, -0.25) is 14.9 Å². The lowest BCUT2D eigenvalue weighted by atomic mass is 10.2. The van der Waals surface area contributed by atoms with Gasteiger partial charge in [0.1, 0.15) is 5.56 Å². The van der Waals surface area contributed by atoms with Gasteiger partial charge in [-0.25, -0.2) is 18.1 Å². The third-order valence-corrected chi connectivity index (χ3v) is 4.07. The summed E-state index contributed by atoms with van der Waals surface area (Å²) in [6, 6.07) is 1.14. The van der Waals surface area contributed by atoms with Crippen LogP contribution in [0.2, 0.25) is 5.15 Å². The lowest BCUT2D eigenvalue weighted by Gasteiger charge is -2.07. The van der Waals surface area contributed by atoms with Crippen molar-refractivity contribution in [3.05, 3.63) is 33.1 Å². The predicted octanol–water partition coefficient (Wildman–Crippen LogP) is 0.312. The largest absolute Gasteiger partial charge is 0.351 e. The van der Waals surface area contributed by atoms with Gasteiger partial charge in [-0.15, -0.1) is 0 Å². The Kier molecular flexibility index (Phi) is 6.00. The normalized spacial score (nSPS) is 11.1. The second-order valence-corrected chi connectivity index (χ2v) is 6.11. The number of aromatic nitrogens is 1. The van der Waals surface area contributed by atoms with Crippen LogP contribution in [0.4, 0.5) is 5.69 Å². The summed E-state index contributed by atoms with van der Waals surface area (Å²) < 4.78 is 25.0. The molecule has 0 aliphatic heterocycles. The van der Waals surface area contributed by atoms with Crippen LogP contribution in [-0.4, -0.2) is 43.1 Å². The van der Waals surface area contributed by atoms with E-state index in [0.717, 1.165) is 12.3 Å². The number of nitrogens with zero attached hydrogens (tertiary/aromatic N) is 2. The molecule has 0 saturated heterocycles. The first-order valence-electron chi connectivity index (χ1n) is 5.83. The van der Waals surface area contributed by atoms with Crippen LogP contribution >= 0.6 is 11.6 Å². The van der Waals surface area contributed by atoms with Crippen molar-refractivity contribution in [1.82, 2.24) is 15.0 Å². The minimum atomic E-state index is -3.48. The van der Waals surface area contributed by atoms with Gasteiger partial charge in [-0.2, -0.15) is 0 Å². The van der Waals surface area contributed by atoms with Crippen LogP contribution in [-0.2, 0) is 10.0 Å². The number of nitro groups is 1. The van der Waals surface area contributed by atoms with E-state index < -0.39 is 31.7 Å². The van der Waals surface area contributed by atoms with Gasteiger partial charge in [0.15, 0.2) is 0 Å². The molecule has 1 aromatic rings. The van der Waals surface area contributed by atoms with Crippen LogP contribution in [0.1, 0.15) is 17.3 Å². The van der Waals surface area contributed by atoms with Crippen molar-refractivity contribution in [2.24, 2.45) is 0 Å². The molecule has 0 aliphatic carbocycles. The Morgan fingerprint density at radius 2 is 2.19 bits per heavy atom. The topological polar surface area (TPSA) is 131 Å². The van der Waals surface area contributed by atoms with E-state index in [1.54, 1.807) is 6.92 Å². The highest BCUT2D eigenvalue weighted by molar-refractivity contribution is 7.89. The Labute approximate surface area is 125 Å². The molecule has 0 aromatic carbocycles. The fourth-order valence-corrected chi connectivity index (χ4v) is 2.65. The van der Waals surface area contributed by atoms with Gasteiger partial charge in [0, 0.05) is 19.3 Å². The monoisotopic (exact) mass is 336 g/mol. The zero-order valence-corrected chi connectivity index (χ0v) is 12.6. The number of amides is 1. The highest BCUT2D eigenvalue weighted by Gasteiger charge is 2.24. The van der Waals surface area contributed by atoms with Gasteiger partial charge in [-0.05, 0) is 6.07 Å². The summed E-state index contributed by atoms with van der Waals surface area (Å²) in [6.45, 7) is 1.67. The van der Waals surface area contributed by atoms with E-state index in [9.17, 15) is 23.3 Å². The smallest absolute Gasteiger partial charge is 0.319 e. The number of rotatable bonds is 7. The summed E-state index contributed by atoms with van der Waals surface area (Å²) in [6.07, 6.45) is 1.15. The Bertz CT molecular complexity index is 649. The van der Waals surface area contributed by atoms with Crippen LogP contribution < -0.4 is 10.0 Å². The lowest BCUT2D eigenvalue weighted by Crippen LogP contribution is -2.34. The second-order valence-electron chi connectivity index (χ2n) is 3.83. The first-order valence-corrected chi connectivity index (χ1v) is 7.86. The van der Waals surface area contributed by atoms with E-state index >= 15 is 0 Å². The average molecular weight is 337 g/mol. The molecule has 0 radical (unpaired) electrons. The summed E-state index contributed by atoms with van der Waals surface area (Å²) in [7, 11) is -3.48. The Morgan fingerprint density at radius 3 is 2.76 bits per heavy atom. The molecule has 1 amide bonds. The van der Waals surface area contributed by atoms with Gasteiger partial charge in [0.05, 0.1) is 10.7 Å². The predicted molar refractivity (Wildman–Crippen MR) is 75.7 cm³/mol. The minimum Gasteiger partial charge on any atom is -0.351 e. The van der Waals surface area contributed by atoms with E-state index in [4.69, 9.17) is 11.6 Å². The van der Waals surface area contributed by atoms with E-state index in [2.05, 4.69) is 15.0 Å². The van der Waals surface area contributed by atoms with Crippen molar-refractivity contribution in [1.29, 1.82) is 0 Å². The van der Waals surface area contributed by atoms with Crippen molar-refractivity contribution in [2.75, 3.05) is 18.8 Å². The fraction of sp³-hybridized carbons (Fsp3) is 0.400. The third-order valence-electron chi connectivity index (χ3n) is 2.33. The van der Waals surface area contributed by atoms with E-state index in [1.807, 2.05) is 0 Å². The molecule has 9 nitrogen and oxygen atoms in total. The van der Waals surface area contributed by atoms with Crippen LogP contribution in [0, 0.1) is 10.1 Å². The van der Waals surface area contributed by atoms with Crippen molar-refractivity contribution in [2.45, 2.75) is 6.92 Å². The molecular formula is C10H13ClN4O5S. The second kappa shape index (κ2) is 7.29. The fourth-order valence-electron chi connectivity index (χ4n) is 1.47. The summed E-state index contributed by atoms with van der Waals surface area (Å²) in [5, 5.41) is 12.7. The Balaban J connectivity index is 2.78. The molecule has 21 heavy (non-hydrogen) atoms. The number of nitrogens with one attached hydrogen (secondary N) is 2. The zero-order chi connectivity index (χ0) is 16.0. The number of carbonyl (C=O) groups is 1. The van der Waals surface area contributed by atoms with E-state index in [0.29, 0.717) is 0 Å². The number of pyridine rings is 1. The lowest BCUT2D eigenvalue weighted by molar-refractivity contribution is -0.385. The Morgan fingerprint density at radius 1 is 1.52 bits per heavy atom. The van der Waals surface area contributed by atoms with Crippen LogP contribution in [0.15, 0.2) is 12.3 Å². The van der Waals surface area contributed by atoms with Crippen LogP contribution in [0.3, 0.4) is 0 Å². The summed E-state index contributed by atoms with van der Waals surface area (Å²) in [5.41, 5.74) is -0.896. The third kappa shape index (κ3) is 4.92. The molecule has 11 heteroatoms. The van der Waals surface area contributed by atoms with Crippen molar-refractivity contribution >= 4 is 33.2 Å². The SMILES string of the molecule is CCNS(=O)(=O)CCNC(=O)c1ccnc(Cl)c1[N+](=O)[O-]. The van der Waals surface area contributed by atoms with E-state index in [-0.39, 0.29) is 24.4 Å². The molecule has 116 valence electrons. The standard InChI is InChI=1S/C10H13ClN4O5S/c1-2-14-21(19,20)6-5-13-10(16)7-3-4-12-9(11)8(7)15(17)18/h3-4,14H,2,5-6H2,1H3,(H,13,16). The van der Waals surface area contributed by atoms with Crippen molar-refractivity contribution in [3.8, 4) is 0 Å². The molecule has 1 rings (SSSR count). The average Bonchev–Trinajstić information content (AvgIpc) is 2.37. The number of halogens is 1. The van der Waals surface area contributed by atoms with Gasteiger partial charge >= 0.3 is 5.69 Å². The maximum atomic E-state index is 11.8. The summed E-state index contributed by atoms with van der Waals surface area (Å²) in [5.74, 6) is -1.13. The summed E-state index contributed by atoms with van der Waals surface area (Å²) >= 11 is 5.58. The highest BCUT2D eigenvalue weighted by atomic mass is 35.5. The molecule has 0 bridgehead atoms. The quantitative estimate of drug-likeness (QED) is 0.418. The van der Waals surface area contributed by atoms with Crippen molar-refractivity contribution < 1.29 is 18.1 Å². The molecule has 0 spiro atoms. The number of carbonyl (C=O) groups excluding carboxylic acids is 1. The number of hydrogen-bond acceptors (Lipinski definition) is 6. The molecule has 0 saturated carbocycles. The highest BCUT2D eigenvalue weighted by Crippen LogP contribution is 2.25. The molecule has 0 unspecified atom stereocenters. The molecular weight excluding hydrogens is 324 g/mol. The van der Waals surface area contributed by atoms with Gasteiger partial charge in [0.2, 0.25) is 15.2 Å². The van der Waals surface area contributed by atoms with Crippen LogP contribution in [0.5, 0.6) is 0 Å². The van der Waals surface area contributed by atoms with Gasteiger partial charge < -0.3 is 5.32 Å². The first kappa shape index (κ1) is 17.3. The maximum Gasteiger partial charge on any atom is 0.319 e. The molecule has 0 fully saturated rings. The summed E-state index contributed by atoms with van der Waals surface area (Å²) in [4.78, 5) is 25.4. The molecule has 1 heterocycles. The zero-order valence-electron chi connectivity index (χ0n) is 11.0. The van der Waals surface area contributed by atoms with Crippen molar-refractivity contribution in [3.63, 3.8) is 0 Å². The minimum absolute atomic E-state index is 0.189. The molecule has 0 atom stereocenters. The first-order chi connectivity index (χ1) is 9.78. The maximum absolute atomic E-state index is 11.8. The van der Waals surface area contributed by atoms with E-state index in [1.165, 1.54) is 0 Å². The number of sulfonamides is 1. The van der Waals surface area contributed by atoms with Gasteiger partial charge in [0.25, 0.3) is 5.91 Å². The van der Waals surface area contributed by atoms with Gasteiger partial charge in [-0.1, -0.05) is 18.5 Å².